The first-order valence-corrected chi connectivity index (χ1v) is 6.08. The number of carbonyl (C=O) groups is 2. The topological polar surface area (TPSA) is 52.6 Å². The predicted molar refractivity (Wildman–Crippen MR) is 74.3 cm³/mol. The molecule has 0 aliphatic rings. The Balaban J connectivity index is 2.31. The second kappa shape index (κ2) is 6.02. The zero-order chi connectivity index (χ0) is 14.5. The van der Waals surface area contributed by atoms with Crippen molar-refractivity contribution in [2.75, 3.05) is 7.11 Å². The number of methoxy groups -OCH3 is 1. The molecule has 0 saturated carbocycles. The molecule has 2 rings (SSSR count). The van der Waals surface area contributed by atoms with Gasteiger partial charge >= 0.3 is 5.97 Å². The van der Waals surface area contributed by atoms with E-state index in [0.29, 0.717) is 22.6 Å². The van der Waals surface area contributed by atoms with E-state index in [4.69, 9.17) is 4.74 Å². The van der Waals surface area contributed by atoms with E-state index in [1.165, 1.54) is 14.0 Å². The molecule has 0 unspecified atom stereocenters. The Hall–Kier alpha value is -2.62. The normalized spacial score (nSPS) is 9.90. The Morgan fingerprint density at radius 1 is 1.00 bits per heavy atom. The number of hydrogen-bond acceptors (Lipinski definition) is 4. The summed E-state index contributed by atoms with van der Waals surface area (Å²) in [6, 6.07) is 13.6. The van der Waals surface area contributed by atoms with Crippen molar-refractivity contribution in [3.8, 4) is 11.5 Å². The largest absolute Gasteiger partial charge is 0.465 e. The first kappa shape index (κ1) is 13.8. The highest BCUT2D eigenvalue weighted by atomic mass is 16.5. The number of esters is 1. The quantitative estimate of drug-likeness (QED) is 0.630. The lowest BCUT2D eigenvalue weighted by molar-refractivity contribution is 0.0600. The zero-order valence-electron chi connectivity index (χ0n) is 11.3. The van der Waals surface area contributed by atoms with Gasteiger partial charge in [-0.15, -0.1) is 0 Å². The Morgan fingerprint density at radius 3 is 2.45 bits per heavy atom. The molecule has 20 heavy (non-hydrogen) atoms. The Kier molecular flexibility index (Phi) is 4.15. The number of hydrogen-bond donors (Lipinski definition) is 0. The van der Waals surface area contributed by atoms with Gasteiger partial charge in [0.05, 0.1) is 18.2 Å². The fourth-order valence-electron chi connectivity index (χ4n) is 1.78. The Bertz CT molecular complexity index is 646. The van der Waals surface area contributed by atoms with E-state index in [2.05, 4.69) is 4.74 Å². The highest BCUT2D eigenvalue weighted by Crippen LogP contribution is 2.26. The third-order valence-corrected chi connectivity index (χ3v) is 2.75. The van der Waals surface area contributed by atoms with Gasteiger partial charge in [0.2, 0.25) is 0 Å². The van der Waals surface area contributed by atoms with E-state index in [1.807, 2.05) is 0 Å². The van der Waals surface area contributed by atoms with Gasteiger partial charge in [-0.2, -0.15) is 0 Å². The molecule has 2 aromatic rings. The van der Waals surface area contributed by atoms with Crippen molar-refractivity contribution < 1.29 is 19.1 Å². The third-order valence-electron chi connectivity index (χ3n) is 2.75. The van der Waals surface area contributed by atoms with Crippen molar-refractivity contribution in [1.29, 1.82) is 0 Å². The van der Waals surface area contributed by atoms with Crippen molar-refractivity contribution in [3.05, 3.63) is 59.7 Å². The van der Waals surface area contributed by atoms with Crippen LogP contribution in [0.3, 0.4) is 0 Å². The van der Waals surface area contributed by atoms with Crippen molar-refractivity contribution in [1.82, 2.24) is 0 Å². The molecular formula is C16H14O4. The molecular weight excluding hydrogens is 256 g/mol. The van der Waals surface area contributed by atoms with Gasteiger partial charge in [0.15, 0.2) is 5.78 Å². The van der Waals surface area contributed by atoms with Gasteiger partial charge in [-0.25, -0.2) is 4.79 Å². The number of para-hydroxylation sites is 1. The Morgan fingerprint density at radius 2 is 1.75 bits per heavy atom. The van der Waals surface area contributed by atoms with E-state index >= 15 is 0 Å². The molecule has 0 N–H and O–H groups in total. The molecule has 0 radical (unpaired) electrons. The van der Waals surface area contributed by atoms with E-state index in [0.717, 1.165) is 0 Å². The maximum Gasteiger partial charge on any atom is 0.337 e. The van der Waals surface area contributed by atoms with Crippen LogP contribution in [0.4, 0.5) is 0 Å². The SMILES string of the molecule is COC(=O)c1cccc(Oc2ccccc2C(C)=O)c1. The monoisotopic (exact) mass is 270 g/mol. The van der Waals surface area contributed by atoms with Gasteiger partial charge in [0.1, 0.15) is 11.5 Å². The second-order valence-electron chi connectivity index (χ2n) is 4.17. The first-order valence-electron chi connectivity index (χ1n) is 6.08. The van der Waals surface area contributed by atoms with Crippen molar-refractivity contribution in [2.24, 2.45) is 0 Å². The molecule has 0 aromatic heterocycles. The molecule has 0 atom stereocenters. The van der Waals surface area contributed by atoms with Crippen molar-refractivity contribution >= 4 is 11.8 Å². The third kappa shape index (κ3) is 3.03. The van der Waals surface area contributed by atoms with Gasteiger partial charge in [0.25, 0.3) is 0 Å². The number of benzene rings is 2. The van der Waals surface area contributed by atoms with Crippen LogP contribution >= 0.6 is 0 Å². The summed E-state index contributed by atoms with van der Waals surface area (Å²) in [5.41, 5.74) is 0.890. The lowest BCUT2D eigenvalue weighted by Gasteiger charge is -2.09. The number of carbonyl (C=O) groups excluding carboxylic acids is 2. The summed E-state index contributed by atoms with van der Waals surface area (Å²) < 4.78 is 10.3. The van der Waals surface area contributed by atoms with Crippen LogP contribution in [-0.4, -0.2) is 18.9 Å². The fourth-order valence-corrected chi connectivity index (χ4v) is 1.78. The summed E-state index contributed by atoms with van der Waals surface area (Å²) in [6.07, 6.45) is 0. The van der Waals surface area contributed by atoms with Crippen LogP contribution in [0.1, 0.15) is 27.6 Å². The standard InChI is InChI=1S/C16H14O4/c1-11(17)14-8-3-4-9-15(14)20-13-7-5-6-12(10-13)16(18)19-2/h3-10H,1-2H3. The maximum atomic E-state index is 11.5. The second-order valence-corrected chi connectivity index (χ2v) is 4.17. The lowest BCUT2D eigenvalue weighted by atomic mass is 10.1. The van der Waals surface area contributed by atoms with Crippen LogP contribution in [-0.2, 0) is 4.74 Å². The molecule has 0 amide bonds. The summed E-state index contributed by atoms with van der Waals surface area (Å²) in [5.74, 6) is 0.420. The predicted octanol–water partition coefficient (Wildman–Crippen LogP) is 3.47. The van der Waals surface area contributed by atoms with Gasteiger partial charge in [-0.1, -0.05) is 18.2 Å². The van der Waals surface area contributed by atoms with Gasteiger partial charge in [-0.3, -0.25) is 4.79 Å². The number of Topliss-reactive ketones (excluding diaryl/α,β-unsaturated/α-hetero) is 1. The van der Waals surface area contributed by atoms with Crippen molar-refractivity contribution in [3.63, 3.8) is 0 Å². The maximum absolute atomic E-state index is 11.5. The molecule has 0 heterocycles. The average Bonchev–Trinajstić information content (AvgIpc) is 2.47. The van der Waals surface area contributed by atoms with Crippen LogP contribution in [0.15, 0.2) is 48.5 Å². The van der Waals surface area contributed by atoms with Crippen LogP contribution < -0.4 is 4.74 Å². The fraction of sp³-hybridized carbons (Fsp3) is 0.125. The molecule has 0 saturated heterocycles. The molecule has 0 aliphatic heterocycles. The summed E-state index contributed by atoms with van der Waals surface area (Å²) in [6.45, 7) is 1.48. The number of ether oxygens (including phenoxy) is 2. The average molecular weight is 270 g/mol. The summed E-state index contributed by atoms with van der Waals surface area (Å²) in [7, 11) is 1.32. The first-order chi connectivity index (χ1) is 9.61. The minimum Gasteiger partial charge on any atom is -0.465 e. The van der Waals surface area contributed by atoms with Gasteiger partial charge in [-0.05, 0) is 37.3 Å². The summed E-state index contributed by atoms with van der Waals surface area (Å²) in [4.78, 5) is 23.0. The minimum atomic E-state index is -0.435. The van der Waals surface area contributed by atoms with E-state index in [9.17, 15) is 9.59 Å². The summed E-state index contributed by atoms with van der Waals surface area (Å²) in [5, 5.41) is 0. The molecule has 0 spiro atoms. The Labute approximate surface area is 116 Å². The van der Waals surface area contributed by atoms with Gasteiger partial charge in [0, 0.05) is 0 Å². The van der Waals surface area contributed by atoms with E-state index < -0.39 is 5.97 Å². The van der Waals surface area contributed by atoms with Crippen molar-refractivity contribution in [2.45, 2.75) is 6.92 Å². The summed E-state index contributed by atoms with van der Waals surface area (Å²) >= 11 is 0. The minimum absolute atomic E-state index is 0.0790. The molecule has 0 aliphatic carbocycles. The molecule has 0 fully saturated rings. The van der Waals surface area contributed by atoms with E-state index in [1.54, 1.807) is 48.5 Å². The van der Waals surface area contributed by atoms with Crippen LogP contribution in [0, 0.1) is 0 Å². The smallest absolute Gasteiger partial charge is 0.337 e. The van der Waals surface area contributed by atoms with Crippen LogP contribution in [0.5, 0.6) is 11.5 Å². The molecule has 2 aromatic carbocycles. The molecule has 4 nitrogen and oxygen atoms in total. The van der Waals surface area contributed by atoms with Gasteiger partial charge < -0.3 is 9.47 Å². The van der Waals surface area contributed by atoms with Crippen LogP contribution in [0.2, 0.25) is 0 Å². The van der Waals surface area contributed by atoms with Crippen LogP contribution in [0.25, 0.3) is 0 Å². The zero-order valence-corrected chi connectivity index (χ0v) is 11.3. The van der Waals surface area contributed by atoms with E-state index in [-0.39, 0.29) is 5.78 Å². The highest BCUT2D eigenvalue weighted by molar-refractivity contribution is 5.96. The molecule has 4 heteroatoms. The molecule has 0 bridgehead atoms. The number of rotatable bonds is 4. The highest BCUT2D eigenvalue weighted by Gasteiger charge is 2.10. The lowest BCUT2D eigenvalue weighted by Crippen LogP contribution is -2.01. The molecule has 102 valence electrons. The number of ketones is 1.